The summed E-state index contributed by atoms with van der Waals surface area (Å²) in [4.78, 5) is 27.9. The van der Waals surface area contributed by atoms with Gasteiger partial charge in [-0.3, -0.25) is 13.9 Å². The molecule has 0 bridgehead atoms. The fourth-order valence-corrected chi connectivity index (χ4v) is 5.59. The van der Waals surface area contributed by atoms with Crippen LogP contribution in [0.1, 0.15) is 26.3 Å². The van der Waals surface area contributed by atoms with Gasteiger partial charge in [0.15, 0.2) is 0 Å². The maximum Gasteiger partial charge on any atom is 0.264 e. The van der Waals surface area contributed by atoms with Crippen LogP contribution in [0.15, 0.2) is 77.7 Å². The Kier molecular flexibility index (Phi) is 9.76. The van der Waals surface area contributed by atoms with Crippen molar-refractivity contribution >= 4 is 50.7 Å². The summed E-state index contributed by atoms with van der Waals surface area (Å²) in [7, 11) is -4.27. The first-order valence-corrected chi connectivity index (χ1v) is 14.0. The lowest BCUT2D eigenvalue weighted by Gasteiger charge is -2.32. The molecular weight excluding hydrogens is 552 g/mol. The Bertz CT molecular complexity index is 1390. The molecule has 3 aromatic rings. The Labute approximate surface area is 232 Å². The summed E-state index contributed by atoms with van der Waals surface area (Å²) in [5, 5.41) is 2.83. The molecule has 2 amide bonds. The van der Waals surface area contributed by atoms with Gasteiger partial charge in [-0.1, -0.05) is 59.6 Å². The van der Waals surface area contributed by atoms with Crippen molar-refractivity contribution in [3.05, 3.63) is 94.2 Å². The van der Waals surface area contributed by atoms with Crippen molar-refractivity contribution in [2.45, 2.75) is 44.3 Å². The summed E-state index contributed by atoms with van der Waals surface area (Å²) < 4.78 is 41.8. The number of hydrogen-bond acceptors (Lipinski definition) is 4. The Morgan fingerprint density at radius 2 is 1.55 bits per heavy atom. The Balaban J connectivity index is 2.06. The first-order chi connectivity index (χ1) is 17.9. The van der Waals surface area contributed by atoms with Crippen LogP contribution in [-0.4, -0.2) is 43.8 Å². The van der Waals surface area contributed by atoms with Crippen LogP contribution in [-0.2, 0) is 26.2 Å². The molecule has 0 aliphatic heterocycles. The van der Waals surface area contributed by atoms with Crippen LogP contribution in [0.5, 0.6) is 0 Å². The summed E-state index contributed by atoms with van der Waals surface area (Å²) >= 11 is 12.6. The zero-order valence-electron chi connectivity index (χ0n) is 21.1. The number of nitrogens with zero attached hydrogens (tertiary/aromatic N) is 2. The smallest absolute Gasteiger partial charge is 0.264 e. The van der Waals surface area contributed by atoms with Gasteiger partial charge >= 0.3 is 0 Å². The molecule has 0 saturated heterocycles. The second kappa shape index (κ2) is 12.6. The van der Waals surface area contributed by atoms with Crippen LogP contribution in [0.3, 0.4) is 0 Å². The molecule has 1 atom stereocenters. The maximum absolute atomic E-state index is 13.8. The number of halogens is 3. The number of sulfonamides is 1. The van der Waals surface area contributed by atoms with Crippen LogP contribution in [0.2, 0.25) is 10.0 Å². The first-order valence-electron chi connectivity index (χ1n) is 11.8. The van der Waals surface area contributed by atoms with Crippen molar-refractivity contribution in [3.8, 4) is 0 Å². The molecule has 1 unspecified atom stereocenters. The Morgan fingerprint density at radius 1 is 0.921 bits per heavy atom. The highest BCUT2D eigenvalue weighted by Crippen LogP contribution is 2.35. The van der Waals surface area contributed by atoms with E-state index in [1.165, 1.54) is 59.5 Å². The third kappa shape index (κ3) is 7.03. The van der Waals surface area contributed by atoms with Crippen LogP contribution in [0.4, 0.5) is 10.1 Å². The molecule has 3 aromatic carbocycles. The quantitative estimate of drug-likeness (QED) is 0.354. The number of rotatable bonds is 10. The van der Waals surface area contributed by atoms with Gasteiger partial charge in [0.1, 0.15) is 18.4 Å². The Hall–Kier alpha value is -3.14. The number of nitrogens with one attached hydrogen (secondary N) is 1. The van der Waals surface area contributed by atoms with E-state index in [4.69, 9.17) is 23.2 Å². The van der Waals surface area contributed by atoms with Crippen molar-refractivity contribution in [3.63, 3.8) is 0 Å². The average molecular weight is 581 g/mol. The van der Waals surface area contributed by atoms with E-state index in [1.54, 1.807) is 39.0 Å². The predicted octanol–water partition coefficient (Wildman–Crippen LogP) is 5.27. The molecule has 1 N–H and O–H groups in total. The van der Waals surface area contributed by atoms with E-state index in [1.807, 2.05) is 0 Å². The summed E-state index contributed by atoms with van der Waals surface area (Å²) in [6.45, 7) is 4.38. The molecule has 0 radical (unpaired) electrons. The van der Waals surface area contributed by atoms with Gasteiger partial charge in [0, 0.05) is 12.6 Å². The van der Waals surface area contributed by atoms with Crippen molar-refractivity contribution in [1.82, 2.24) is 10.2 Å². The van der Waals surface area contributed by atoms with Crippen molar-refractivity contribution in [1.29, 1.82) is 0 Å². The van der Waals surface area contributed by atoms with Gasteiger partial charge < -0.3 is 10.2 Å². The van der Waals surface area contributed by atoms with Crippen molar-refractivity contribution in [2.24, 2.45) is 0 Å². The minimum Gasteiger partial charge on any atom is -0.352 e. The van der Waals surface area contributed by atoms with E-state index in [0.717, 1.165) is 4.31 Å². The standard InChI is InChI=1S/C27H28Cl2FN3O4S/c1-18(2)31-27(35)19(3)32(16-20-12-14-21(30)15-13-20)25(34)17-33(24-11-7-10-23(28)26(24)29)38(36,37)22-8-5-4-6-9-22/h4-15,18-19H,16-17H2,1-3H3,(H,31,35). The molecule has 38 heavy (non-hydrogen) atoms. The molecule has 0 spiro atoms. The Morgan fingerprint density at radius 3 is 2.16 bits per heavy atom. The second-order valence-electron chi connectivity index (χ2n) is 8.89. The van der Waals surface area contributed by atoms with Crippen LogP contribution in [0.25, 0.3) is 0 Å². The number of anilines is 1. The zero-order valence-corrected chi connectivity index (χ0v) is 23.4. The molecule has 3 rings (SSSR count). The normalized spacial score (nSPS) is 12.2. The summed E-state index contributed by atoms with van der Waals surface area (Å²) in [5.41, 5.74) is 0.569. The molecule has 7 nitrogen and oxygen atoms in total. The van der Waals surface area contributed by atoms with E-state index in [-0.39, 0.29) is 33.2 Å². The summed E-state index contributed by atoms with van der Waals surface area (Å²) in [6, 6.07) is 16.4. The van der Waals surface area contributed by atoms with Crippen LogP contribution < -0.4 is 9.62 Å². The van der Waals surface area contributed by atoms with E-state index in [2.05, 4.69) is 5.32 Å². The fourth-order valence-electron chi connectivity index (χ4n) is 3.69. The highest BCUT2D eigenvalue weighted by molar-refractivity contribution is 7.92. The molecule has 0 fully saturated rings. The molecule has 0 aromatic heterocycles. The van der Waals surface area contributed by atoms with Gasteiger partial charge in [-0.15, -0.1) is 0 Å². The van der Waals surface area contributed by atoms with Gasteiger partial charge in [-0.2, -0.15) is 0 Å². The molecule has 11 heteroatoms. The highest BCUT2D eigenvalue weighted by Gasteiger charge is 2.33. The topological polar surface area (TPSA) is 86.8 Å². The average Bonchev–Trinajstić information content (AvgIpc) is 2.88. The van der Waals surface area contributed by atoms with Crippen LogP contribution >= 0.6 is 23.2 Å². The number of hydrogen-bond donors (Lipinski definition) is 1. The molecule has 0 saturated carbocycles. The van der Waals surface area contributed by atoms with Crippen molar-refractivity contribution in [2.75, 3.05) is 10.8 Å². The highest BCUT2D eigenvalue weighted by atomic mass is 35.5. The van der Waals surface area contributed by atoms with Crippen molar-refractivity contribution < 1.29 is 22.4 Å². The first kappa shape index (κ1) is 29.4. The number of amides is 2. The predicted molar refractivity (Wildman–Crippen MR) is 147 cm³/mol. The van der Waals surface area contributed by atoms with E-state index < -0.39 is 40.2 Å². The van der Waals surface area contributed by atoms with Crippen LogP contribution in [0, 0.1) is 5.82 Å². The van der Waals surface area contributed by atoms with E-state index in [0.29, 0.717) is 5.56 Å². The third-order valence-corrected chi connectivity index (χ3v) is 8.26. The maximum atomic E-state index is 13.8. The largest absolute Gasteiger partial charge is 0.352 e. The molecule has 0 aliphatic rings. The van der Waals surface area contributed by atoms with Gasteiger partial charge in [0.05, 0.1) is 20.6 Å². The minimum atomic E-state index is -4.27. The van der Waals surface area contributed by atoms with Gasteiger partial charge in [0.2, 0.25) is 11.8 Å². The molecular formula is C27H28Cl2FN3O4S. The number of carbonyl (C=O) groups is 2. The summed E-state index contributed by atoms with van der Waals surface area (Å²) in [5.74, 6) is -1.54. The lowest BCUT2D eigenvalue weighted by Crippen LogP contribution is -2.52. The SMILES string of the molecule is CC(C)NC(=O)C(C)N(Cc1ccc(F)cc1)C(=O)CN(c1cccc(Cl)c1Cl)S(=O)(=O)c1ccccc1. The number of benzene rings is 3. The zero-order chi connectivity index (χ0) is 28.0. The van der Waals surface area contributed by atoms with Gasteiger partial charge in [0.25, 0.3) is 10.0 Å². The van der Waals surface area contributed by atoms with E-state index >= 15 is 0 Å². The van der Waals surface area contributed by atoms with Gasteiger partial charge in [-0.05, 0) is 62.7 Å². The lowest BCUT2D eigenvalue weighted by atomic mass is 10.1. The minimum absolute atomic E-state index is 0.0115. The molecule has 0 heterocycles. The molecule has 0 aliphatic carbocycles. The van der Waals surface area contributed by atoms with Gasteiger partial charge in [-0.25, -0.2) is 12.8 Å². The summed E-state index contributed by atoms with van der Waals surface area (Å²) in [6.07, 6.45) is 0. The third-order valence-electron chi connectivity index (χ3n) is 5.67. The number of carbonyl (C=O) groups excluding carboxylic acids is 2. The fraction of sp³-hybridized carbons (Fsp3) is 0.259. The lowest BCUT2D eigenvalue weighted by molar-refractivity contribution is -0.139. The monoisotopic (exact) mass is 579 g/mol. The molecule has 202 valence electrons. The van der Waals surface area contributed by atoms with E-state index in [9.17, 15) is 22.4 Å². The second-order valence-corrected chi connectivity index (χ2v) is 11.5.